The smallest absolute Gasteiger partial charge is 0.272 e. The van der Waals surface area contributed by atoms with Gasteiger partial charge in [-0.3, -0.25) is 9.63 Å². The minimum Gasteiger partial charge on any atom is -0.274 e. The number of benzene rings is 1. The van der Waals surface area contributed by atoms with Crippen LogP contribution in [0.4, 0.5) is 4.39 Å². The van der Waals surface area contributed by atoms with Gasteiger partial charge in [-0.25, -0.2) is 9.45 Å². The van der Waals surface area contributed by atoms with E-state index in [0.717, 1.165) is 10.6 Å². The average molecular weight is 223 g/mol. The summed E-state index contributed by atoms with van der Waals surface area (Å²) in [6.45, 7) is 1.68. The van der Waals surface area contributed by atoms with Crippen LogP contribution in [0.5, 0.6) is 0 Å². The molecule has 0 aliphatic carbocycles. The van der Waals surface area contributed by atoms with Crippen molar-refractivity contribution in [3.63, 3.8) is 0 Å². The highest BCUT2D eigenvalue weighted by molar-refractivity contribution is 5.96. The lowest BCUT2D eigenvalue weighted by atomic mass is 10.1. The van der Waals surface area contributed by atoms with E-state index in [0.29, 0.717) is 5.57 Å². The Morgan fingerprint density at radius 3 is 2.44 bits per heavy atom. The first-order chi connectivity index (χ1) is 7.54. The molecule has 1 aromatic rings. The van der Waals surface area contributed by atoms with Crippen molar-refractivity contribution in [1.82, 2.24) is 5.06 Å². The van der Waals surface area contributed by atoms with Crippen LogP contribution in [-0.4, -0.2) is 25.1 Å². The molecule has 0 radical (unpaired) electrons. The zero-order chi connectivity index (χ0) is 12.1. The van der Waals surface area contributed by atoms with E-state index >= 15 is 0 Å². The van der Waals surface area contributed by atoms with E-state index in [-0.39, 0.29) is 11.7 Å². The molecule has 0 saturated heterocycles. The first kappa shape index (κ1) is 12.4. The van der Waals surface area contributed by atoms with Crippen LogP contribution < -0.4 is 0 Å². The number of carbonyl (C=O) groups excluding carboxylic acids is 1. The number of hydrogen-bond donors (Lipinski definition) is 0. The van der Waals surface area contributed by atoms with Crippen molar-refractivity contribution in [2.75, 3.05) is 14.2 Å². The Morgan fingerprint density at radius 1 is 1.38 bits per heavy atom. The molecule has 0 atom stereocenters. The van der Waals surface area contributed by atoms with Crippen molar-refractivity contribution < 1.29 is 14.0 Å². The molecule has 0 bridgehead atoms. The van der Waals surface area contributed by atoms with Gasteiger partial charge in [0, 0.05) is 12.6 Å². The zero-order valence-corrected chi connectivity index (χ0v) is 9.53. The minimum atomic E-state index is -0.296. The summed E-state index contributed by atoms with van der Waals surface area (Å²) in [5, 5.41) is 1.13. The lowest BCUT2D eigenvalue weighted by Gasteiger charge is -2.13. The van der Waals surface area contributed by atoms with Gasteiger partial charge < -0.3 is 0 Å². The van der Waals surface area contributed by atoms with Crippen molar-refractivity contribution in [2.24, 2.45) is 0 Å². The third kappa shape index (κ3) is 3.17. The topological polar surface area (TPSA) is 29.5 Å². The van der Waals surface area contributed by atoms with E-state index in [1.165, 1.54) is 26.3 Å². The van der Waals surface area contributed by atoms with Gasteiger partial charge in [0.1, 0.15) is 5.82 Å². The van der Waals surface area contributed by atoms with Gasteiger partial charge in [0.15, 0.2) is 0 Å². The Hall–Kier alpha value is -1.68. The summed E-state index contributed by atoms with van der Waals surface area (Å²) in [4.78, 5) is 16.4. The molecule has 0 aliphatic rings. The number of rotatable bonds is 3. The third-order valence-electron chi connectivity index (χ3n) is 2.15. The molecular weight excluding hydrogens is 209 g/mol. The maximum absolute atomic E-state index is 12.6. The third-order valence-corrected chi connectivity index (χ3v) is 2.15. The Balaban J connectivity index is 2.84. The minimum absolute atomic E-state index is 0.230. The maximum Gasteiger partial charge on any atom is 0.272 e. The molecule has 0 unspecified atom stereocenters. The average Bonchev–Trinajstić information content (AvgIpc) is 2.30. The van der Waals surface area contributed by atoms with Gasteiger partial charge in [-0.15, -0.1) is 0 Å². The predicted molar refractivity (Wildman–Crippen MR) is 59.8 cm³/mol. The molecule has 0 heterocycles. The van der Waals surface area contributed by atoms with Crippen LogP contribution in [-0.2, 0) is 9.63 Å². The zero-order valence-electron chi connectivity index (χ0n) is 9.53. The van der Waals surface area contributed by atoms with E-state index < -0.39 is 0 Å². The summed E-state index contributed by atoms with van der Waals surface area (Å²) in [6, 6.07) is 5.92. The predicted octanol–water partition coefficient (Wildman–Crippen LogP) is 2.25. The molecule has 0 spiro atoms. The Kier molecular flexibility index (Phi) is 4.19. The highest BCUT2D eigenvalue weighted by Gasteiger charge is 2.09. The molecule has 1 rings (SSSR count). The standard InChI is InChI=1S/C12H14FNO2/c1-9(12(15)14(2)16-3)8-10-4-6-11(13)7-5-10/h4-8H,1-3H3. The fraction of sp³-hybridized carbons (Fsp3) is 0.250. The number of amides is 1. The fourth-order valence-electron chi connectivity index (χ4n) is 1.20. The number of hydroxylamine groups is 2. The van der Waals surface area contributed by atoms with Crippen molar-refractivity contribution in [1.29, 1.82) is 0 Å². The number of hydrogen-bond acceptors (Lipinski definition) is 2. The van der Waals surface area contributed by atoms with Gasteiger partial charge in [-0.2, -0.15) is 0 Å². The summed E-state index contributed by atoms with van der Waals surface area (Å²) in [6.07, 6.45) is 1.68. The lowest BCUT2D eigenvalue weighted by Crippen LogP contribution is -2.25. The highest BCUT2D eigenvalue weighted by atomic mass is 19.1. The monoisotopic (exact) mass is 223 g/mol. The van der Waals surface area contributed by atoms with Crippen LogP contribution in [0.1, 0.15) is 12.5 Å². The molecule has 0 saturated carbocycles. The van der Waals surface area contributed by atoms with E-state index in [1.54, 1.807) is 25.1 Å². The van der Waals surface area contributed by atoms with Crippen molar-refractivity contribution in [3.05, 3.63) is 41.2 Å². The summed E-state index contributed by atoms with van der Waals surface area (Å²) >= 11 is 0. The normalized spacial score (nSPS) is 11.4. The van der Waals surface area contributed by atoms with Crippen LogP contribution in [0.3, 0.4) is 0 Å². The second-order valence-corrected chi connectivity index (χ2v) is 3.36. The molecule has 0 fully saturated rings. The highest BCUT2D eigenvalue weighted by Crippen LogP contribution is 2.09. The largest absolute Gasteiger partial charge is 0.274 e. The van der Waals surface area contributed by atoms with Gasteiger partial charge in [-0.1, -0.05) is 12.1 Å². The van der Waals surface area contributed by atoms with Gasteiger partial charge in [0.25, 0.3) is 5.91 Å². The van der Waals surface area contributed by atoms with Gasteiger partial charge >= 0.3 is 0 Å². The Bertz CT molecular complexity index is 398. The molecular formula is C12H14FNO2. The van der Waals surface area contributed by atoms with Gasteiger partial charge in [-0.05, 0) is 30.7 Å². The number of carbonyl (C=O) groups is 1. The molecule has 0 N–H and O–H groups in total. The Labute approximate surface area is 94.1 Å². The second-order valence-electron chi connectivity index (χ2n) is 3.36. The van der Waals surface area contributed by atoms with Crippen molar-refractivity contribution >= 4 is 12.0 Å². The summed E-state index contributed by atoms with van der Waals surface area (Å²) in [5.41, 5.74) is 1.30. The van der Waals surface area contributed by atoms with Crippen LogP contribution in [0.15, 0.2) is 29.8 Å². The SMILES string of the molecule is CON(C)C(=O)C(C)=Cc1ccc(F)cc1. The second kappa shape index (κ2) is 5.42. The first-order valence-corrected chi connectivity index (χ1v) is 4.80. The molecule has 4 heteroatoms. The first-order valence-electron chi connectivity index (χ1n) is 4.80. The summed E-state index contributed by atoms with van der Waals surface area (Å²) < 4.78 is 12.6. The molecule has 3 nitrogen and oxygen atoms in total. The summed E-state index contributed by atoms with van der Waals surface area (Å²) in [5.74, 6) is -0.526. The van der Waals surface area contributed by atoms with Gasteiger partial charge in [0.2, 0.25) is 0 Å². The van der Waals surface area contributed by atoms with Gasteiger partial charge in [0.05, 0.1) is 7.11 Å². The van der Waals surface area contributed by atoms with E-state index in [9.17, 15) is 9.18 Å². The molecule has 86 valence electrons. The maximum atomic E-state index is 12.6. The molecule has 1 aromatic carbocycles. The number of halogens is 1. The molecule has 1 amide bonds. The Morgan fingerprint density at radius 2 is 1.94 bits per heavy atom. The number of nitrogens with zero attached hydrogens (tertiary/aromatic N) is 1. The molecule has 0 aromatic heterocycles. The van der Waals surface area contributed by atoms with Crippen LogP contribution in [0, 0.1) is 5.82 Å². The lowest BCUT2D eigenvalue weighted by molar-refractivity contribution is -0.163. The molecule has 16 heavy (non-hydrogen) atoms. The van der Waals surface area contributed by atoms with Crippen molar-refractivity contribution in [2.45, 2.75) is 6.92 Å². The van der Waals surface area contributed by atoms with Crippen molar-refractivity contribution in [3.8, 4) is 0 Å². The van der Waals surface area contributed by atoms with E-state index in [1.807, 2.05) is 0 Å². The quantitative estimate of drug-likeness (QED) is 0.581. The fourth-order valence-corrected chi connectivity index (χ4v) is 1.20. The van der Waals surface area contributed by atoms with E-state index in [2.05, 4.69) is 0 Å². The summed E-state index contributed by atoms with van der Waals surface area (Å²) in [7, 11) is 2.95. The van der Waals surface area contributed by atoms with E-state index in [4.69, 9.17) is 4.84 Å². The van der Waals surface area contributed by atoms with Crippen LogP contribution in [0.2, 0.25) is 0 Å². The molecule has 0 aliphatic heterocycles. The van der Waals surface area contributed by atoms with Crippen LogP contribution >= 0.6 is 0 Å². The van der Waals surface area contributed by atoms with Crippen LogP contribution in [0.25, 0.3) is 6.08 Å². The number of likely N-dealkylation sites (N-methyl/N-ethyl adjacent to an activating group) is 1.